The quantitative estimate of drug-likeness (QED) is 0.623. The molecule has 0 aliphatic heterocycles. The zero-order valence-corrected chi connectivity index (χ0v) is 8.75. The average molecular weight is 185 g/mol. The van der Waals surface area contributed by atoms with Gasteiger partial charge in [-0.15, -0.1) is 0 Å². The Kier molecular flexibility index (Phi) is 7.69. The van der Waals surface area contributed by atoms with Crippen LogP contribution in [0.15, 0.2) is 0 Å². The van der Waals surface area contributed by atoms with Crippen LogP contribution in [-0.4, -0.2) is 23.9 Å². The van der Waals surface area contributed by atoms with Gasteiger partial charge in [0.15, 0.2) is 0 Å². The first-order valence-electron chi connectivity index (χ1n) is 5.09. The highest BCUT2D eigenvalue weighted by molar-refractivity contribution is 5.82. The zero-order valence-electron chi connectivity index (χ0n) is 8.75. The highest BCUT2D eigenvalue weighted by Crippen LogP contribution is 2.00. The van der Waals surface area contributed by atoms with Crippen LogP contribution in [0.3, 0.4) is 0 Å². The van der Waals surface area contributed by atoms with E-state index in [9.17, 15) is 4.79 Å². The second-order valence-corrected chi connectivity index (χ2v) is 3.27. The van der Waals surface area contributed by atoms with Crippen LogP contribution >= 0.6 is 0 Å². The van der Waals surface area contributed by atoms with Gasteiger partial charge in [0, 0.05) is 0 Å². The molecule has 2 N–H and O–H groups in total. The third-order valence-electron chi connectivity index (χ3n) is 1.91. The number of amides is 1. The van der Waals surface area contributed by atoms with Gasteiger partial charge in [-0.25, -0.2) is 0 Å². The van der Waals surface area contributed by atoms with Gasteiger partial charge in [0.1, 0.15) is 6.54 Å². The van der Waals surface area contributed by atoms with E-state index < -0.39 is 0 Å². The lowest BCUT2D eigenvalue weighted by atomic mass is 10.2. The summed E-state index contributed by atoms with van der Waals surface area (Å²) in [5, 5.41) is 0. The molecule has 0 aromatic heterocycles. The first-order valence-corrected chi connectivity index (χ1v) is 5.09. The highest BCUT2D eigenvalue weighted by atomic mass is 16.1. The van der Waals surface area contributed by atoms with Gasteiger partial charge < -0.3 is 5.73 Å². The van der Waals surface area contributed by atoms with Crippen molar-refractivity contribution < 1.29 is 4.79 Å². The van der Waals surface area contributed by atoms with Gasteiger partial charge in [0.25, 0.3) is 0 Å². The zero-order chi connectivity index (χ0) is 10.1. The third-order valence-corrected chi connectivity index (χ3v) is 1.91. The number of nitrogens with two attached hydrogens (primary N) is 1. The van der Waals surface area contributed by atoms with Gasteiger partial charge in [-0.1, -0.05) is 26.7 Å². The molecule has 0 saturated heterocycles. The summed E-state index contributed by atoms with van der Waals surface area (Å²) in [4.78, 5) is 12.7. The Hall–Kier alpha value is -0.570. The Balaban J connectivity index is 3.66. The summed E-state index contributed by atoms with van der Waals surface area (Å²) in [6.45, 7) is 7.69. The molecular formula is C10H21N2O. The Bertz CT molecular complexity index is 129. The molecule has 3 nitrogen and oxygen atoms in total. The molecule has 3 heteroatoms. The molecule has 13 heavy (non-hydrogen) atoms. The molecule has 0 aromatic carbocycles. The van der Waals surface area contributed by atoms with Crippen LogP contribution in [0.5, 0.6) is 0 Å². The SMILES string of the molecule is CCCCN([CH]C(N)=O)CCCC. The molecule has 0 spiro atoms. The summed E-state index contributed by atoms with van der Waals surface area (Å²) < 4.78 is 0. The van der Waals surface area contributed by atoms with Gasteiger partial charge in [-0.2, -0.15) is 0 Å². The summed E-state index contributed by atoms with van der Waals surface area (Å²) in [5.41, 5.74) is 5.10. The molecule has 0 bridgehead atoms. The molecule has 77 valence electrons. The number of unbranched alkanes of at least 4 members (excludes halogenated alkanes) is 2. The minimum absolute atomic E-state index is 0.341. The summed E-state index contributed by atoms with van der Waals surface area (Å²) in [6.07, 6.45) is 4.53. The van der Waals surface area contributed by atoms with E-state index in [-0.39, 0.29) is 5.91 Å². The maximum Gasteiger partial charge on any atom is 0.236 e. The lowest BCUT2D eigenvalue weighted by Crippen LogP contribution is -2.30. The van der Waals surface area contributed by atoms with Crippen molar-refractivity contribution in [2.75, 3.05) is 13.1 Å². The predicted molar refractivity (Wildman–Crippen MR) is 54.9 cm³/mol. The Labute approximate surface area is 81.3 Å². The van der Waals surface area contributed by atoms with Crippen LogP contribution in [0.25, 0.3) is 0 Å². The van der Waals surface area contributed by atoms with Crippen molar-refractivity contribution in [2.24, 2.45) is 5.73 Å². The van der Waals surface area contributed by atoms with E-state index in [0.717, 1.165) is 38.8 Å². The first-order chi connectivity index (χ1) is 6.20. The number of nitrogens with zero attached hydrogens (tertiary/aromatic N) is 1. The molecule has 1 radical (unpaired) electrons. The van der Waals surface area contributed by atoms with E-state index in [2.05, 4.69) is 13.8 Å². The van der Waals surface area contributed by atoms with Crippen molar-refractivity contribution in [3.05, 3.63) is 6.54 Å². The minimum atomic E-state index is -0.341. The van der Waals surface area contributed by atoms with E-state index in [1.807, 2.05) is 4.90 Å². The fraction of sp³-hybridized carbons (Fsp3) is 0.800. The van der Waals surface area contributed by atoms with Crippen LogP contribution < -0.4 is 5.73 Å². The summed E-state index contributed by atoms with van der Waals surface area (Å²) >= 11 is 0. The maximum absolute atomic E-state index is 10.7. The van der Waals surface area contributed by atoms with E-state index in [0.29, 0.717) is 0 Å². The van der Waals surface area contributed by atoms with Crippen LogP contribution in [0.4, 0.5) is 0 Å². The fourth-order valence-electron chi connectivity index (χ4n) is 1.14. The van der Waals surface area contributed by atoms with E-state index in [1.54, 1.807) is 0 Å². The standard InChI is InChI=1S/C10H21N2O/c1-3-5-7-12(8-6-4-2)9-10(11)13/h9H,3-8H2,1-2H3,(H2,11,13). The van der Waals surface area contributed by atoms with Crippen LogP contribution in [0, 0.1) is 6.54 Å². The van der Waals surface area contributed by atoms with Crippen molar-refractivity contribution >= 4 is 5.91 Å². The van der Waals surface area contributed by atoms with Crippen molar-refractivity contribution in [3.8, 4) is 0 Å². The van der Waals surface area contributed by atoms with Gasteiger partial charge in [-0.05, 0) is 25.9 Å². The van der Waals surface area contributed by atoms with Crippen LogP contribution in [-0.2, 0) is 4.79 Å². The summed E-state index contributed by atoms with van der Waals surface area (Å²) in [6, 6.07) is 0. The van der Waals surface area contributed by atoms with E-state index in [1.165, 1.54) is 6.54 Å². The molecule has 0 unspecified atom stereocenters. The second-order valence-electron chi connectivity index (χ2n) is 3.27. The maximum atomic E-state index is 10.7. The molecule has 0 rings (SSSR count). The number of primary amides is 1. The summed E-state index contributed by atoms with van der Waals surface area (Å²) in [5.74, 6) is -0.341. The number of rotatable bonds is 8. The Morgan fingerprint density at radius 3 is 2.00 bits per heavy atom. The molecule has 0 fully saturated rings. The van der Waals surface area contributed by atoms with E-state index >= 15 is 0 Å². The topological polar surface area (TPSA) is 46.3 Å². The lowest BCUT2D eigenvalue weighted by molar-refractivity contribution is -0.116. The van der Waals surface area contributed by atoms with Gasteiger partial charge >= 0.3 is 0 Å². The second kappa shape index (κ2) is 8.05. The minimum Gasteiger partial charge on any atom is -0.368 e. The Morgan fingerprint density at radius 1 is 1.23 bits per heavy atom. The van der Waals surface area contributed by atoms with Crippen molar-refractivity contribution in [1.82, 2.24) is 4.90 Å². The highest BCUT2D eigenvalue weighted by Gasteiger charge is 2.06. The lowest BCUT2D eigenvalue weighted by Gasteiger charge is -2.19. The third kappa shape index (κ3) is 7.78. The van der Waals surface area contributed by atoms with Gasteiger partial charge in [-0.3, -0.25) is 9.69 Å². The predicted octanol–water partition coefficient (Wildman–Crippen LogP) is 1.54. The van der Waals surface area contributed by atoms with Crippen molar-refractivity contribution in [3.63, 3.8) is 0 Å². The molecule has 0 atom stereocenters. The number of carbonyl (C=O) groups is 1. The molecule has 1 amide bonds. The Morgan fingerprint density at radius 2 is 1.69 bits per heavy atom. The molecule has 0 saturated carbocycles. The van der Waals surface area contributed by atoms with Gasteiger partial charge in [0.2, 0.25) is 5.91 Å². The molecule has 0 aliphatic rings. The smallest absolute Gasteiger partial charge is 0.236 e. The van der Waals surface area contributed by atoms with Crippen LogP contribution in [0.2, 0.25) is 0 Å². The molecule has 0 aliphatic carbocycles. The van der Waals surface area contributed by atoms with Crippen LogP contribution in [0.1, 0.15) is 39.5 Å². The largest absolute Gasteiger partial charge is 0.368 e. The fourth-order valence-corrected chi connectivity index (χ4v) is 1.14. The number of hydrogen-bond acceptors (Lipinski definition) is 2. The first kappa shape index (κ1) is 12.4. The molecule has 0 heterocycles. The monoisotopic (exact) mass is 185 g/mol. The summed E-state index contributed by atoms with van der Waals surface area (Å²) in [7, 11) is 0. The molecular weight excluding hydrogens is 164 g/mol. The van der Waals surface area contributed by atoms with Crippen molar-refractivity contribution in [1.29, 1.82) is 0 Å². The number of carbonyl (C=O) groups excluding carboxylic acids is 1. The molecule has 0 aromatic rings. The van der Waals surface area contributed by atoms with Crippen molar-refractivity contribution in [2.45, 2.75) is 39.5 Å². The normalized spacial score (nSPS) is 10.7. The average Bonchev–Trinajstić information content (AvgIpc) is 2.09. The van der Waals surface area contributed by atoms with E-state index in [4.69, 9.17) is 5.73 Å². The van der Waals surface area contributed by atoms with Gasteiger partial charge in [0.05, 0.1) is 0 Å². The number of hydrogen-bond donors (Lipinski definition) is 1.